The Morgan fingerprint density at radius 3 is 2.27 bits per heavy atom. The van der Waals surface area contributed by atoms with Crippen molar-refractivity contribution in [3.05, 3.63) is 0 Å². The molecule has 0 heterocycles. The predicted octanol–water partition coefficient (Wildman–Crippen LogP) is 2.43. The molecule has 2 aliphatic rings. The molecular weight excluding hydrogens is 184 g/mol. The third-order valence-corrected chi connectivity index (χ3v) is 4.51. The van der Waals surface area contributed by atoms with Gasteiger partial charge in [-0.3, -0.25) is 0 Å². The highest BCUT2D eigenvalue weighted by Crippen LogP contribution is 2.37. The maximum Gasteiger partial charge on any atom is 0.0166 e. The van der Waals surface area contributed by atoms with Crippen molar-refractivity contribution >= 4 is 0 Å². The summed E-state index contributed by atoms with van der Waals surface area (Å²) in [6, 6.07) is 0. The molecule has 0 saturated heterocycles. The molecule has 0 aromatic carbocycles. The van der Waals surface area contributed by atoms with Crippen LogP contribution in [0.3, 0.4) is 0 Å². The smallest absolute Gasteiger partial charge is 0.0166 e. The Bertz CT molecular complexity index is 203. The lowest BCUT2D eigenvalue weighted by molar-refractivity contribution is 0.223. The Hall–Kier alpha value is -0.0800. The minimum absolute atomic E-state index is 0.198. The first-order chi connectivity index (χ1) is 7.12. The zero-order valence-electron chi connectivity index (χ0n) is 10.1. The summed E-state index contributed by atoms with van der Waals surface area (Å²) in [5, 5.41) is 3.61. The van der Waals surface area contributed by atoms with Gasteiger partial charge in [0.15, 0.2) is 0 Å². The fraction of sp³-hybridized carbons (Fsp3) is 1.00. The Balaban J connectivity index is 1.58. The quantitative estimate of drug-likeness (QED) is 0.684. The van der Waals surface area contributed by atoms with E-state index >= 15 is 0 Å². The summed E-state index contributed by atoms with van der Waals surface area (Å²) in [5.74, 6) is 0. The highest BCUT2D eigenvalue weighted by molar-refractivity contribution is 4.93. The van der Waals surface area contributed by atoms with E-state index in [1.54, 1.807) is 0 Å². The molecule has 2 aliphatic carbocycles. The van der Waals surface area contributed by atoms with Gasteiger partial charge in [-0.25, -0.2) is 0 Å². The van der Waals surface area contributed by atoms with Crippen molar-refractivity contribution in [2.75, 3.05) is 13.1 Å². The van der Waals surface area contributed by atoms with E-state index in [2.05, 4.69) is 12.2 Å². The molecule has 2 heteroatoms. The fourth-order valence-electron chi connectivity index (χ4n) is 3.01. The van der Waals surface area contributed by atoms with Gasteiger partial charge in [0.05, 0.1) is 0 Å². The second-order valence-corrected chi connectivity index (χ2v) is 6.16. The highest BCUT2D eigenvalue weighted by Gasteiger charge is 2.32. The van der Waals surface area contributed by atoms with Crippen LogP contribution in [-0.2, 0) is 0 Å². The molecule has 0 unspecified atom stereocenters. The van der Waals surface area contributed by atoms with Gasteiger partial charge in [-0.15, -0.1) is 0 Å². The molecule has 0 radical (unpaired) electrons. The first kappa shape index (κ1) is 11.4. The van der Waals surface area contributed by atoms with E-state index in [1.807, 2.05) is 0 Å². The van der Waals surface area contributed by atoms with Crippen LogP contribution in [0.2, 0.25) is 0 Å². The van der Waals surface area contributed by atoms with Crippen LogP contribution >= 0.6 is 0 Å². The third-order valence-electron chi connectivity index (χ3n) is 4.51. The zero-order valence-corrected chi connectivity index (χ0v) is 10.1. The van der Waals surface area contributed by atoms with Gasteiger partial charge in [0.2, 0.25) is 0 Å². The van der Waals surface area contributed by atoms with Crippen LogP contribution in [0.25, 0.3) is 0 Å². The van der Waals surface area contributed by atoms with Gasteiger partial charge in [-0.05, 0) is 50.5 Å². The normalized spacial score (nSPS) is 27.6. The average Bonchev–Trinajstić information content (AvgIpc) is 2.58. The molecule has 2 saturated carbocycles. The van der Waals surface area contributed by atoms with Gasteiger partial charge in [0.1, 0.15) is 0 Å². The van der Waals surface area contributed by atoms with E-state index in [0.717, 1.165) is 6.54 Å². The van der Waals surface area contributed by atoms with E-state index in [-0.39, 0.29) is 5.54 Å². The van der Waals surface area contributed by atoms with Crippen molar-refractivity contribution in [3.8, 4) is 0 Å². The molecule has 2 rings (SSSR count). The highest BCUT2D eigenvalue weighted by atomic mass is 14.9. The monoisotopic (exact) mass is 210 g/mol. The Labute approximate surface area is 94.0 Å². The number of hydrogen-bond donors (Lipinski definition) is 2. The molecule has 0 atom stereocenters. The van der Waals surface area contributed by atoms with E-state index in [1.165, 1.54) is 57.9 Å². The Morgan fingerprint density at radius 2 is 1.73 bits per heavy atom. The third kappa shape index (κ3) is 2.94. The van der Waals surface area contributed by atoms with Crippen molar-refractivity contribution in [3.63, 3.8) is 0 Å². The van der Waals surface area contributed by atoms with Gasteiger partial charge < -0.3 is 11.1 Å². The first-order valence-corrected chi connectivity index (χ1v) is 6.62. The molecule has 2 fully saturated rings. The van der Waals surface area contributed by atoms with Crippen molar-refractivity contribution in [1.29, 1.82) is 0 Å². The predicted molar refractivity (Wildman–Crippen MR) is 64.8 cm³/mol. The summed E-state index contributed by atoms with van der Waals surface area (Å²) >= 11 is 0. The molecule has 3 N–H and O–H groups in total. The molecular formula is C13H26N2. The van der Waals surface area contributed by atoms with Crippen molar-refractivity contribution < 1.29 is 0 Å². The zero-order chi connectivity index (χ0) is 10.8. The molecule has 0 aromatic heterocycles. The van der Waals surface area contributed by atoms with Gasteiger partial charge in [0, 0.05) is 12.1 Å². The lowest BCUT2D eigenvalue weighted by atomic mass is 9.75. The Morgan fingerprint density at radius 1 is 1.07 bits per heavy atom. The molecule has 0 spiro atoms. The van der Waals surface area contributed by atoms with E-state index < -0.39 is 0 Å². The van der Waals surface area contributed by atoms with Crippen LogP contribution in [-0.4, -0.2) is 18.6 Å². The summed E-state index contributed by atoms with van der Waals surface area (Å²) < 4.78 is 0. The number of rotatable bonds is 5. The van der Waals surface area contributed by atoms with Gasteiger partial charge >= 0.3 is 0 Å². The summed E-state index contributed by atoms with van der Waals surface area (Å²) in [6.45, 7) is 4.74. The van der Waals surface area contributed by atoms with E-state index in [4.69, 9.17) is 5.73 Å². The summed E-state index contributed by atoms with van der Waals surface area (Å²) in [5.41, 5.74) is 6.97. The minimum Gasteiger partial charge on any atom is -0.325 e. The Kier molecular flexibility index (Phi) is 3.36. The summed E-state index contributed by atoms with van der Waals surface area (Å²) in [6.07, 6.45) is 10.7. The van der Waals surface area contributed by atoms with Crippen molar-refractivity contribution in [1.82, 2.24) is 5.32 Å². The van der Waals surface area contributed by atoms with Crippen LogP contribution in [0.4, 0.5) is 0 Å². The van der Waals surface area contributed by atoms with Gasteiger partial charge in [0.25, 0.3) is 0 Å². The van der Waals surface area contributed by atoms with Crippen LogP contribution in [0.1, 0.15) is 58.3 Å². The fourth-order valence-corrected chi connectivity index (χ4v) is 3.01. The van der Waals surface area contributed by atoms with Crippen LogP contribution in [0.5, 0.6) is 0 Å². The number of nitrogens with one attached hydrogen (secondary N) is 1. The maximum absolute atomic E-state index is 6.19. The standard InChI is InChI=1S/C13H26N2/c1-12(5-2-3-6-12)11-15-10-9-13(14)7-4-8-13/h15H,2-11,14H2,1H3. The minimum atomic E-state index is 0.198. The molecule has 0 aliphatic heterocycles. The molecule has 0 amide bonds. The average molecular weight is 210 g/mol. The lowest BCUT2D eigenvalue weighted by Crippen LogP contribution is -2.48. The van der Waals surface area contributed by atoms with Gasteiger partial charge in [-0.2, -0.15) is 0 Å². The number of nitrogens with two attached hydrogens (primary N) is 1. The van der Waals surface area contributed by atoms with Crippen LogP contribution in [0, 0.1) is 5.41 Å². The van der Waals surface area contributed by atoms with Crippen LogP contribution < -0.4 is 11.1 Å². The van der Waals surface area contributed by atoms with E-state index in [0.29, 0.717) is 5.41 Å². The van der Waals surface area contributed by atoms with Crippen molar-refractivity contribution in [2.45, 2.75) is 63.8 Å². The summed E-state index contributed by atoms with van der Waals surface area (Å²) in [7, 11) is 0. The second kappa shape index (κ2) is 4.42. The maximum atomic E-state index is 6.19. The SMILES string of the molecule is CC1(CNCCC2(N)CCC2)CCCC1. The molecule has 15 heavy (non-hydrogen) atoms. The molecule has 0 bridgehead atoms. The van der Waals surface area contributed by atoms with Gasteiger partial charge in [-0.1, -0.05) is 19.8 Å². The molecule has 88 valence electrons. The van der Waals surface area contributed by atoms with E-state index in [9.17, 15) is 0 Å². The molecule has 2 nitrogen and oxygen atoms in total. The first-order valence-electron chi connectivity index (χ1n) is 6.62. The topological polar surface area (TPSA) is 38.0 Å². The molecule has 0 aromatic rings. The largest absolute Gasteiger partial charge is 0.325 e. The lowest BCUT2D eigenvalue weighted by Gasteiger charge is -2.38. The number of hydrogen-bond acceptors (Lipinski definition) is 2. The second-order valence-electron chi connectivity index (χ2n) is 6.16. The summed E-state index contributed by atoms with van der Waals surface area (Å²) in [4.78, 5) is 0. The van der Waals surface area contributed by atoms with Crippen LogP contribution in [0.15, 0.2) is 0 Å². The van der Waals surface area contributed by atoms with Crippen molar-refractivity contribution in [2.24, 2.45) is 11.1 Å².